The molecule has 1 nitrogen and oxygen atoms in total. The normalized spacial score (nSPS) is 16.9. The van der Waals surface area contributed by atoms with Crippen LogP contribution in [0.3, 0.4) is 0 Å². The van der Waals surface area contributed by atoms with Crippen molar-refractivity contribution in [2.75, 3.05) is 0 Å². The van der Waals surface area contributed by atoms with E-state index in [2.05, 4.69) is 89.5 Å². The smallest absolute Gasteiger partial charge is 0.0493 e. The van der Waals surface area contributed by atoms with Gasteiger partial charge in [-0.2, -0.15) is 0 Å². The third-order valence-corrected chi connectivity index (χ3v) is 7.44. The topological polar surface area (TPSA) is 4.93 Å². The van der Waals surface area contributed by atoms with Crippen LogP contribution in [0.5, 0.6) is 0 Å². The average molecular weight is 460 g/mol. The van der Waals surface area contributed by atoms with E-state index < -0.39 is 0 Å². The van der Waals surface area contributed by atoms with Gasteiger partial charge in [-0.05, 0) is 70.9 Å². The molecule has 1 aromatic heterocycles. The highest BCUT2D eigenvalue weighted by molar-refractivity contribution is 5.90. The van der Waals surface area contributed by atoms with E-state index in [1.54, 1.807) is 0 Å². The molecule has 1 atom stereocenters. The zero-order chi connectivity index (χ0) is 24.4. The van der Waals surface area contributed by atoms with Crippen molar-refractivity contribution in [2.45, 2.75) is 65.8 Å². The van der Waals surface area contributed by atoms with Crippen molar-refractivity contribution >= 4 is 34.7 Å². The molecule has 3 aliphatic carbocycles. The number of benzene rings is 3. The van der Waals surface area contributed by atoms with Crippen molar-refractivity contribution in [1.82, 2.24) is 4.57 Å². The van der Waals surface area contributed by atoms with Crippen molar-refractivity contribution in [3.8, 4) is 11.1 Å². The number of hydrogen-bond donors (Lipinski definition) is 0. The Morgan fingerprint density at radius 2 is 1.40 bits per heavy atom. The molecule has 0 spiro atoms. The molecule has 0 amide bonds. The summed E-state index contributed by atoms with van der Waals surface area (Å²) in [5.74, 6) is 0. The van der Waals surface area contributed by atoms with E-state index in [1.165, 1.54) is 73.4 Å². The second kappa shape index (κ2) is 10.1. The second-order valence-electron chi connectivity index (χ2n) is 9.12. The van der Waals surface area contributed by atoms with E-state index in [4.69, 9.17) is 0 Å². The molecule has 0 aliphatic heterocycles. The zero-order valence-corrected chi connectivity index (χ0v) is 21.6. The van der Waals surface area contributed by atoms with Gasteiger partial charge in [-0.1, -0.05) is 107 Å². The van der Waals surface area contributed by atoms with Gasteiger partial charge in [0.05, 0.1) is 0 Å². The van der Waals surface area contributed by atoms with Crippen LogP contribution in [0.2, 0.25) is 0 Å². The van der Waals surface area contributed by atoms with E-state index in [1.807, 2.05) is 27.7 Å². The van der Waals surface area contributed by atoms with Crippen LogP contribution in [0.25, 0.3) is 45.8 Å². The fourth-order valence-corrected chi connectivity index (χ4v) is 6.14. The highest BCUT2D eigenvalue weighted by Crippen LogP contribution is 2.37. The predicted octanol–water partition coefficient (Wildman–Crippen LogP) is 6.43. The van der Waals surface area contributed by atoms with Crippen LogP contribution in [0.15, 0.2) is 66.7 Å². The first-order valence-electron chi connectivity index (χ1n) is 13.6. The molecule has 1 heteroatoms. The Balaban J connectivity index is 0.000000605. The SMILES string of the molecule is C1=c2cccc3c2=C(CC(n2c4c(c5ccccc52)=CCCCC=4)C1)c1ccccc1-3.CC.CC. The second-order valence-corrected chi connectivity index (χ2v) is 9.12. The Morgan fingerprint density at radius 1 is 0.686 bits per heavy atom. The molecule has 0 saturated carbocycles. The van der Waals surface area contributed by atoms with E-state index >= 15 is 0 Å². The van der Waals surface area contributed by atoms with Gasteiger partial charge >= 0.3 is 0 Å². The summed E-state index contributed by atoms with van der Waals surface area (Å²) < 4.78 is 2.67. The lowest BCUT2D eigenvalue weighted by Gasteiger charge is -2.20. The fraction of sp³-hybridized carbons (Fsp3) is 0.294. The predicted molar refractivity (Wildman–Crippen MR) is 153 cm³/mol. The van der Waals surface area contributed by atoms with Crippen molar-refractivity contribution in [2.24, 2.45) is 0 Å². The summed E-state index contributed by atoms with van der Waals surface area (Å²) in [6.45, 7) is 8.00. The van der Waals surface area contributed by atoms with Crippen LogP contribution in [0.4, 0.5) is 0 Å². The highest BCUT2D eigenvalue weighted by atomic mass is 15.0. The van der Waals surface area contributed by atoms with Crippen LogP contribution in [0, 0.1) is 0 Å². The quantitative estimate of drug-likeness (QED) is 0.309. The molecule has 0 radical (unpaired) electrons. The van der Waals surface area contributed by atoms with E-state index in [9.17, 15) is 0 Å². The molecule has 0 fully saturated rings. The molecule has 3 aliphatic rings. The van der Waals surface area contributed by atoms with Crippen LogP contribution in [-0.4, -0.2) is 4.57 Å². The maximum absolute atomic E-state index is 2.67. The van der Waals surface area contributed by atoms with Crippen molar-refractivity contribution in [3.05, 3.63) is 93.3 Å². The lowest BCUT2D eigenvalue weighted by molar-refractivity contribution is 0.535. The van der Waals surface area contributed by atoms with Crippen LogP contribution in [-0.2, 0) is 0 Å². The van der Waals surface area contributed by atoms with E-state index in [0.717, 1.165) is 12.8 Å². The van der Waals surface area contributed by atoms with Gasteiger partial charge in [0.2, 0.25) is 0 Å². The maximum Gasteiger partial charge on any atom is 0.0493 e. The number of aromatic nitrogens is 1. The molecule has 0 bridgehead atoms. The van der Waals surface area contributed by atoms with Crippen molar-refractivity contribution in [1.29, 1.82) is 0 Å². The third kappa shape index (κ3) is 3.78. The van der Waals surface area contributed by atoms with E-state index in [-0.39, 0.29) is 0 Å². The lowest BCUT2D eigenvalue weighted by atomic mass is 9.97. The summed E-state index contributed by atoms with van der Waals surface area (Å²) in [7, 11) is 0. The van der Waals surface area contributed by atoms with Crippen LogP contribution in [0.1, 0.15) is 71.4 Å². The summed E-state index contributed by atoms with van der Waals surface area (Å²) in [5.41, 5.74) is 7.17. The molecule has 0 N–H and O–H groups in total. The molecule has 3 aromatic carbocycles. The largest absolute Gasteiger partial charge is 0.337 e. The minimum absolute atomic E-state index is 0.429. The van der Waals surface area contributed by atoms with Gasteiger partial charge < -0.3 is 4.57 Å². The number of fused-ring (bicyclic) bond motifs is 6. The molecule has 0 saturated heterocycles. The summed E-state index contributed by atoms with van der Waals surface area (Å²) in [6, 6.07) is 25.3. The molecule has 1 heterocycles. The van der Waals surface area contributed by atoms with Gasteiger partial charge in [0, 0.05) is 27.5 Å². The molecule has 35 heavy (non-hydrogen) atoms. The van der Waals surface area contributed by atoms with Gasteiger partial charge in [0.25, 0.3) is 0 Å². The third-order valence-electron chi connectivity index (χ3n) is 7.44. The molecular weight excluding hydrogens is 422 g/mol. The monoisotopic (exact) mass is 459 g/mol. The molecule has 7 rings (SSSR count). The number of hydrogen-bond acceptors (Lipinski definition) is 0. The zero-order valence-electron chi connectivity index (χ0n) is 21.6. The highest BCUT2D eigenvalue weighted by Gasteiger charge is 2.26. The lowest BCUT2D eigenvalue weighted by Crippen LogP contribution is -2.31. The Morgan fingerprint density at radius 3 is 2.26 bits per heavy atom. The van der Waals surface area contributed by atoms with E-state index in [0.29, 0.717) is 6.04 Å². The summed E-state index contributed by atoms with van der Waals surface area (Å²) in [6.07, 6.45) is 13.2. The minimum Gasteiger partial charge on any atom is -0.337 e. The number of para-hydroxylation sites is 1. The first-order chi connectivity index (χ1) is 17.4. The summed E-state index contributed by atoms with van der Waals surface area (Å²) in [4.78, 5) is 0. The number of rotatable bonds is 1. The maximum atomic E-state index is 2.67. The van der Waals surface area contributed by atoms with Crippen molar-refractivity contribution in [3.63, 3.8) is 0 Å². The Kier molecular flexibility index (Phi) is 6.77. The van der Waals surface area contributed by atoms with Gasteiger partial charge in [-0.25, -0.2) is 0 Å². The molecular formula is C34H37N. The first kappa shape index (κ1) is 23.4. The first-order valence-corrected chi connectivity index (χ1v) is 13.6. The average Bonchev–Trinajstić information content (AvgIpc) is 3.18. The molecule has 178 valence electrons. The van der Waals surface area contributed by atoms with Gasteiger partial charge in [0.15, 0.2) is 0 Å². The standard InChI is InChI=1S/C30H25N.2C2H6/c1-2-12-24-25-13-6-7-16-29(25)31(28(24)15-3-1)21-18-17-20-9-8-14-26-22-10-4-5-11-23(22)27(19-21)30(20)26;2*1-2/h4-17,21H,1-3,18-19H2;2*1-2H3. The van der Waals surface area contributed by atoms with Gasteiger partial charge in [0.1, 0.15) is 0 Å². The van der Waals surface area contributed by atoms with Crippen molar-refractivity contribution < 1.29 is 0 Å². The Hall–Kier alpha value is -3.32. The van der Waals surface area contributed by atoms with Crippen LogP contribution >= 0.6 is 0 Å². The minimum atomic E-state index is 0.429. The summed E-state index contributed by atoms with van der Waals surface area (Å²) >= 11 is 0. The fourth-order valence-electron chi connectivity index (χ4n) is 6.14. The molecule has 1 unspecified atom stereocenters. The van der Waals surface area contributed by atoms with Gasteiger partial charge in [-0.3, -0.25) is 0 Å². The van der Waals surface area contributed by atoms with Gasteiger partial charge in [-0.15, -0.1) is 0 Å². The summed E-state index contributed by atoms with van der Waals surface area (Å²) in [5, 5.41) is 7.19. The molecule has 4 aromatic rings. The Labute approximate surface area is 209 Å². The number of nitrogens with zero attached hydrogens (tertiary/aromatic N) is 1. The Bertz CT molecular complexity index is 1610. The van der Waals surface area contributed by atoms with Crippen LogP contribution < -0.4 is 21.0 Å².